The van der Waals surface area contributed by atoms with Crippen molar-refractivity contribution in [1.29, 1.82) is 5.26 Å². The number of aromatic nitrogens is 3. The average molecular weight is 314 g/mol. The molecule has 108 valence electrons. The molecule has 0 fully saturated rings. The highest BCUT2D eigenvalue weighted by atomic mass is 32.1. The van der Waals surface area contributed by atoms with Gasteiger partial charge in [-0.3, -0.25) is 9.97 Å². The molecule has 3 rings (SSSR count). The van der Waals surface area contributed by atoms with Crippen LogP contribution in [0.2, 0.25) is 0 Å². The van der Waals surface area contributed by atoms with E-state index in [1.807, 2.05) is 6.07 Å². The Kier molecular flexibility index (Phi) is 3.61. The minimum absolute atomic E-state index is 0.251. The Hall–Kier alpha value is -2.72. The molecular weight excluding hydrogens is 306 g/mol. The highest BCUT2D eigenvalue weighted by Gasteiger charge is 2.17. The zero-order chi connectivity index (χ0) is 15.7. The van der Waals surface area contributed by atoms with Crippen molar-refractivity contribution in [2.75, 3.05) is 0 Å². The molecule has 0 N–H and O–H groups in total. The Bertz CT molecular complexity index is 899. The number of thiazole rings is 1. The molecule has 0 aliphatic carbocycles. The van der Waals surface area contributed by atoms with Gasteiger partial charge in [-0.1, -0.05) is 0 Å². The fraction of sp³-hybridized carbons (Fsp3) is 0.0667. The molecule has 0 atom stereocenters. The van der Waals surface area contributed by atoms with Crippen molar-refractivity contribution >= 4 is 11.3 Å². The molecule has 4 nitrogen and oxygen atoms in total. The molecule has 0 amide bonds. The van der Waals surface area contributed by atoms with E-state index in [-0.39, 0.29) is 4.88 Å². The Morgan fingerprint density at radius 3 is 2.68 bits per heavy atom. The van der Waals surface area contributed by atoms with Crippen molar-refractivity contribution in [2.45, 2.75) is 6.92 Å². The van der Waals surface area contributed by atoms with Crippen LogP contribution in [0.4, 0.5) is 8.78 Å². The molecule has 0 unspecified atom stereocenters. The van der Waals surface area contributed by atoms with Crippen LogP contribution in [-0.4, -0.2) is 15.0 Å². The van der Waals surface area contributed by atoms with Crippen molar-refractivity contribution in [1.82, 2.24) is 15.0 Å². The van der Waals surface area contributed by atoms with Gasteiger partial charge in [0.2, 0.25) is 5.95 Å². The van der Waals surface area contributed by atoms with E-state index in [0.29, 0.717) is 27.4 Å². The quantitative estimate of drug-likeness (QED) is 0.723. The van der Waals surface area contributed by atoms with Crippen molar-refractivity contribution in [3.8, 4) is 27.2 Å². The van der Waals surface area contributed by atoms with Crippen LogP contribution in [0.1, 0.15) is 11.1 Å². The zero-order valence-electron chi connectivity index (χ0n) is 11.3. The molecule has 0 spiro atoms. The Morgan fingerprint density at radius 2 is 2.00 bits per heavy atom. The van der Waals surface area contributed by atoms with Crippen LogP contribution < -0.4 is 0 Å². The van der Waals surface area contributed by atoms with E-state index < -0.39 is 11.8 Å². The molecule has 0 aliphatic rings. The van der Waals surface area contributed by atoms with E-state index in [1.54, 1.807) is 13.0 Å². The second kappa shape index (κ2) is 5.58. The zero-order valence-corrected chi connectivity index (χ0v) is 12.2. The minimum Gasteiger partial charge on any atom is -0.261 e. The second-order valence-electron chi connectivity index (χ2n) is 4.53. The van der Waals surface area contributed by atoms with Crippen LogP contribution in [0, 0.1) is 30.0 Å². The highest BCUT2D eigenvalue weighted by Crippen LogP contribution is 2.35. The Labute approximate surface area is 128 Å². The van der Waals surface area contributed by atoms with Crippen molar-refractivity contribution < 1.29 is 8.78 Å². The summed E-state index contributed by atoms with van der Waals surface area (Å²) < 4.78 is 27.3. The third-order valence-electron chi connectivity index (χ3n) is 2.96. The fourth-order valence-corrected chi connectivity index (χ4v) is 2.96. The van der Waals surface area contributed by atoms with Gasteiger partial charge in [0, 0.05) is 18.0 Å². The number of pyridine rings is 2. The van der Waals surface area contributed by atoms with Gasteiger partial charge in [0.25, 0.3) is 0 Å². The molecule has 0 bridgehead atoms. The van der Waals surface area contributed by atoms with Crippen LogP contribution in [0.25, 0.3) is 21.1 Å². The van der Waals surface area contributed by atoms with E-state index in [9.17, 15) is 8.78 Å². The number of hydrogen-bond donors (Lipinski definition) is 0. The monoisotopic (exact) mass is 314 g/mol. The predicted octanol–water partition coefficient (Wildman–Crippen LogP) is 3.73. The van der Waals surface area contributed by atoms with Gasteiger partial charge in [0.15, 0.2) is 0 Å². The normalized spacial score (nSPS) is 10.5. The highest BCUT2D eigenvalue weighted by molar-refractivity contribution is 7.18. The molecule has 0 radical (unpaired) electrons. The molecule has 0 aromatic carbocycles. The molecule has 3 aromatic heterocycles. The lowest BCUT2D eigenvalue weighted by molar-refractivity contribution is 0.595. The SMILES string of the molecule is Cc1cc(C#N)cnc1-c1sc(-c2cncc(F)c2)nc1F. The van der Waals surface area contributed by atoms with E-state index in [1.165, 1.54) is 18.5 Å². The molecule has 3 aromatic rings. The summed E-state index contributed by atoms with van der Waals surface area (Å²) in [5.41, 5.74) is 1.90. The molecular formula is C15H8F2N4S. The summed E-state index contributed by atoms with van der Waals surface area (Å²) in [4.78, 5) is 11.9. The van der Waals surface area contributed by atoms with Gasteiger partial charge in [-0.15, -0.1) is 11.3 Å². The van der Waals surface area contributed by atoms with Gasteiger partial charge in [-0.2, -0.15) is 9.65 Å². The van der Waals surface area contributed by atoms with Crippen LogP contribution in [0.3, 0.4) is 0 Å². The van der Waals surface area contributed by atoms with Crippen molar-refractivity contribution in [2.24, 2.45) is 0 Å². The lowest BCUT2D eigenvalue weighted by atomic mass is 10.1. The Balaban J connectivity index is 2.09. The standard InChI is InChI=1S/C15H8F2N4S/c1-8-2-9(4-18)5-20-12(8)13-14(17)21-15(22-13)10-3-11(16)7-19-6-10/h2-3,5-7H,1H3. The third kappa shape index (κ3) is 2.56. The van der Waals surface area contributed by atoms with E-state index >= 15 is 0 Å². The minimum atomic E-state index is -0.676. The number of aryl methyl sites for hydroxylation is 1. The van der Waals surface area contributed by atoms with E-state index in [0.717, 1.165) is 17.5 Å². The molecule has 22 heavy (non-hydrogen) atoms. The lowest BCUT2D eigenvalue weighted by Crippen LogP contribution is -1.90. The first kappa shape index (κ1) is 14.2. The van der Waals surface area contributed by atoms with Crippen molar-refractivity contribution in [3.05, 3.63) is 53.6 Å². The van der Waals surface area contributed by atoms with E-state index in [4.69, 9.17) is 5.26 Å². The molecule has 0 aliphatic heterocycles. The number of halogens is 2. The molecule has 3 heterocycles. The Morgan fingerprint density at radius 1 is 1.18 bits per heavy atom. The van der Waals surface area contributed by atoms with Gasteiger partial charge in [-0.05, 0) is 24.6 Å². The van der Waals surface area contributed by atoms with Gasteiger partial charge in [0.1, 0.15) is 21.8 Å². The first-order valence-corrected chi connectivity index (χ1v) is 7.04. The number of hydrogen-bond acceptors (Lipinski definition) is 5. The smallest absolute Gasteiger partial charge is 0.233 e. The van der Waals surface area contributed by atoms with Crippen LogP contribution in [-0.2, 0) is 0 Å². The molecule has 0 saturated carbocycles. The van der Waals surface area contributed by atoms with E-state index in [2.05, 4.69) is 15.0 Å². The maximum atomic E-state index is 14.1. The number of nitrogens with zero attached hydrogens (tertiary/aromatic N) is 4. The van der Waals surface area contributed by atoms with Crippen LogP contribution in [0.5, 0.6) is 0 Å². The summed E-state index contributed by atoms with van der Waals surface area (Å²) >= 11 is 1.06. The van der Waals surface area contributed by atoms with Gasteiger partial charge < -0.3 is 0 Å². The summed E-state index contributed by atoms with van der Waals surface area (Å²) in [5, 5.41) is 9.16. The molecule has 0 saturated heterocycles. The summed E-state index contributed by atoms with van der Waals surface area (Å²) in [7, 11) is 0. The third-order valence-corrected chi connectivity index (χ3v) is 4.05. The number of rotatable bonds is 2. The summed E-state index contributed by atoms with van der Waals surface area (Å²) in [6.45, 7) is 1.74. The first-order valence-electron chi connectivity index (χ1n) is 6.23. The van der Waals surface area contributed by atoms with Gasteiger partial charge in [0.05, 0.1) is 17.5 Å². The number of nitriles is 1. The predicted molar refractivity (Wildman–Crippen MR) is 77.9 cm³/mol. The largest absolute Gasteiger partial charge is 0.261 e. The van der Waals surface area contributed by atoms with Gasteiger partial charge >= 0.3 is 0 Å². The van der Waals surface area contributed by atoms with Crippen LogP contribution >= 0.6 is 11.3 Å². The maximum absolute atomic E-state index is 14.1. The average Bonchev–Trinajstić information content (AvgIpc) is 2.89. The summed E-state index contributed by atoms with van der Waals surface area (Å²) in [5.74, 6) is -1.19. The summed E-state index contributed by atoms with van der Waals surface area (Å²) in [6, 6.07) is 4.85. The summed E-state index contributed by atoms with van der Waals surface area (Å²) in [6.07, 6.45) is 3.87. The van der Waals surface area contributed by atoms with Crippen molar-refractivity contribution in [3.63, 3.8) is 0 Å². The van der Waals surface area contributed by atoms with Crippen LogP contribution in [0.15, 0.2) is 30.7 Å². The first-order chi connectivity index (χ1) is 10.6. The van der Waals surface area contributed by atoms with Gasteiger partial charge in [-0.25, -0.2) is 9.37 Å². The topological polar surface area (TPSA) is 62.5 Å². The lowest BCUT2D eigenvalue weighted by Gasteiger charge is -2.01. The fourth-order valence-electron chi connectivity index (χ4n) is 1.97. The maximum Gasteiger partial charge on any atom is 0.233 e. The second-order valence-corrected chi connectivity index (χ2v) is 5.53. The molecule has 7 heteroatoms.